The van der Waals surface area contributed by atoms with E-state index in [-0.39, 0.29) is 12.5 Å². The zero-order valence-electron chi connectivity index (χ0n) is 15.4. The van der Waals surface area contributed by atoms with Crippen LogP contribution in [-0.4, -0.2) is 73.6 Å². The van der Waals surface area contributed by atoms with E-state index >= 15 is 0 Å². The number of likely N-dealkylation sites (tertiary alicyclic amines) is 1. The smallest absolute Gasteiger partial charge is 0.248 e. The van der Waals surface area contributed by atoms with Crippen molar-refractivity contribution in [3.8, 4) is 0 Å². The standard InChI is InChI=1S/C19H31N3O2S/c1-24-15-19(23)22-9-5-8-21(10-11-22)14-18-12-17(16-25-18)13-20-6-3-2-4-7-20/h12,16H,2-11,13-15H2,1H3. The third-order valence-electron chi connectivity index (χ3n) is 5.15. The molecule has 0 saturated carbocycles. The van der Waals surface area contributed by atoms with Gasteiger partial charge in [0.25, 0.3) is 0 Å². The first-order valence-electron chi connectivity index (χ1n) is 9.52. The molecule has 0 unspecified atom stereocenters. The lowest BCUT2D eigenvalue weighted by Gasteiger charge is -2.25. The normalized spacial score (nSPS) is 20.6. The SMILES string of the molecule is COCC(=O)N1CCCN(Cc2cc(CN3CCCCC3)cs2)CC1. The highest BCUT2D eigenvalue weighted by atomic mass is 32.1. The molecule has 5 nitrogen and oxygen atoms in total. The van der Waals surface area contributed by atoms with E-state index in [0.717, 1.165) is 45.7 Å². The summed E-state index contributed by atoms with van der Waals surface area (Å²) in [7, 11) is 1.58. The minimum Gasteiger partial charge on any atom is -0.375 e. The highest BCUT2D eigenvalue weighted by Gasteiger charge is 2.19. The summed E-state index contributed by atoms with van der Waals surface area (Å²) in [6, 6.07) is 2.39. The fourth-order valence-electron chi connectivity index (χ4n) is 3.78. The maximum atomic E-state index is 12.0. The van der Waals surface area contributed by atoms with Crippen LogP contribution in [0.1, 0.15) is 36.1 Å². The first-order chi connectivity index (χ1) is 12.2. The van der Waals surface area contributed by atoms with E-state index in [1.807, 2.05) is 16.2 Å². The van der Waals surface area contributed by atoms with Gasteiger partial charge < -0.3 is 9.64 Å². The van der Waals surface area contributed by atoms with E-state index < -0.39 is 0 Å². The Hall–Kier alpha value is -0.950. The van der Waals surface area contributed by atoms with Gasteiger partial charge in [-0.25, -0.2) is 0 Å². The van der Waals surface area contributed by atoms with E-state index in [4.69, 9.17) is 4.74 Å². The highest BCUT2D eigenvalue weighted by molar-refractivity contribution is 7.10. The van der Waals surface area contributed by atoms with Crippen LogP contribution in [0.2, 0.25) is 0 Å². The third kappa shape index (κ3) is 5.78. The molecule has 0 aromatic carbocycles. The van der Waals surface area contributed by atoms with Crippen molar-refractivity contribution in [3.05, 3.63) is 21.9 Å². The molecule has 0 radical (unpaired) electrons. The number of amides is 1. The molecule has 6 heteroatoms. The number of carbonyl (C=O) groups excluding carboxylic acids is 1. The molecule has 3 rings (SSSR count). The number of methoxy groups -OCH3 is 1. The van der Waals surface area contributed by atoms with Crippen LogP contribution in [0.5, 0.6) is 0 Å². The number of thiophene rings is 1. The number of rotatable bonds is 6. The summed E-state index contributed by atoms with van der Waals surface area (Å²) in [5.74, 6) is 0.115. The average Bonchev–Trinajstić information content (AvgIpc) is 2.91. The van der Waals surface area contributed by atoms with Gasteiger partial charge in [0.1, 0.15) is 6.61 Å². The summed E-state index contributed by atoms with van der Waals surface area (Å²) in [6.07, 6.45) is 5.14. The molecule has 2 fully saturated rings. The van der Waals surface area contributed by atoms with Gasteiger partial charge in [0, 0.05) is 51.3 Å². The molecule has 3 heterocycles. The van der Waals surface area contributed by atoms with Crippen molar-refractivity contribution in [1.82, 2.24) is 14.7 Å². The number of nitrogens with zero attached hydrogens (tertiary/aromatic N) is 3. The molecule has 140 valence electrons. The quantitative estimate of drug-likeness (QED) is 0.776. The van der Waals surface area contributed by atoms with Crippen molar-refractivity contribution in [2.75, 3.05) is 53.0 Å². The van der Waals surface area contributed by atoms with E-state index in [1.165, 1.54) is 42.8 Å². The second-order valence-corrected chi connectivity index (χ2v) is 8.20. The largest absolute Gasteiger partial charge is 0.375 e. The Kier molecular flexibility index (Phi) is 7.28. The molecule has 2 saturated heterocycles. The number of ether oxygens (including phenoxy) is 1. The van der Waals surface area contributed by atoms with Crippen LogP contribution in [0.3, 0.4) is 0 Å². The van der Waals surface area contributed by atoms with Gasteiger partial charge in [-0.15, -0.1) is 11.3 Å². The number of piperidine rings is 1. The van der Waals surface area contributed by atoms with Crippen molar-refractivity contribution in [2.24, 2.45) is 0 Å². The van der Waals surface area contributed by atoms with Crippen molar-refractivity contribution in [2.45, 2.75) is 38.8 Å². The maximum Gasteiger partial charge on any atom is 0.248 e. The van der Waals surface area contributed by atoms with Crippen LogP contribution in [0, 0.1) is 0 Å². The Labute approximate surface area is 155 Å². The number of hydrogen-bond acceptors (Lipinski definition) is 5. The van der Waals surface area contributed by atoms with Crippen LogP contribution in [0.4, 0.5) is 0 Å². The molecule has 2 aliphatic rings. The second kappa shape index (κ2) is 9.67. The fraction of sp³-hybridized carbons (Fsp3) is 0.737. The lowest BCUT2D eigenvalue weighted by molar-refractivity contribution is -0.135. The Balaban J connectivity index is 1.46. The number of carbonyl (C=O) groups is 1. The summed E-state index contributed by atoms with van der Waals surface area (Å²) in [5.41, 5.74) is 1.47. The van der Waals surface area contributed by atoms with Crippen molar-refractivity contribution in [1.29, 1.82) is 0 Å². The van der Waals surface area contributed by atoms with Crippen LogP contribution in [0.25, 0.3) is 0 Å². The molecular weight excluding hydrogens is 334 g/mol. The molecule has 1 amide bonds. The predicted octanol–water partition coefficient (Wildman–Crippen LogP) is 2.41. The van der Waals surface area contributed by atoms with Gasteiger partial charge in [0.15, 0.2) is 0 Å². The Morgan fingerprint density at radius 1 is 1.00 bits per heavy atom. The minimum absolute atomic E-state index is 0.115. The van der Waals surface area contributed by atoms with Gasteiger partial charge in [0.2, 0.25) is 5.91 Å². The number of hydrogen-bond donors (Lipinski definition) is 0. The molecule has 1 aromatic heterocycles. The second-order valence-electron chi connectivity index (χ2n) is 7.20. The van der Waals surface area contributed by atoms with Crippen LogP contribution >= 0.6 is 11.3 Å². The van der Waals surface area contributed by atoms with Crippen molar-refractivity contribution < 1.29 is 9.53 Å². The molecule has 0 aliphatic carbocycles. The molecule has 2 aliphatic heterocycles. The topological polar surface area (TPSA) is 36.0 Å². The van der Waals surface area contributed by atoms with Crippen molar-refractivity contribution in [3.63, 3.8) is 0 Å². The third-order valence-corrected chi connectivity index (χ3v) is 6.12. The lowest BCUT2D eigenvalue weighted by Crippen LogP contribution is -2.37. The summed E-state index contributed by atoms with van der Waals surface area (Å²) >= 11 is 1.88. The Morgan fingerprint density at radius 2 is 1.76 bits per heavy atom. The molecule has 0 spiro atoms. The molecule has 25 heavy (non-hydrogen) atoms. The summed E-state index contributed by atoms with van der Waals surface area (Å²) < 4.78 is 4.98. The first kappa shape index (κ1) is 18.8. The zero-order chi connectivity index (χ0) is 17.5. The molecule has 0 bridgehead atoms. The predicted molar refractivity (Wildman–Crippen MR) is 102 cm³/mol. The highest BCUT2D eigenvalue weighted by Crippen LogP contribution is 2.21. The lowest BCUT2D eigenvalue weighted by atomic mass is 10.1. The van der Waals surface area contributed by atoms with Gasteiger partial charge in [-0.05, 0) is 49.4 Å². The van der Waals surface area contributed by atoms with Crippen LogP contribution in [0.15, 0.2) is 11.4 Å². The molecular formula is C19H31N3O2S. The van der Waals surface area contributed by atoms with Gasteiger partial charge in [-0.1, -0.05) is 6.42 Å². The fourth-order valence-corrected chi connectivity index (χ4v) is 4.70. The zero-order valence-corrected chi connectivity index (χ0v) is 16.2. The molecule has 0 N–H and O–H groups in total. The van der Waals surface area contributed by atoms with Gasteiger partial charge >= 0.3 is 0 Å². The van der Waals surface area contributed by atoms with Crippen molar-refractivity contribution >= 4 is 17.2 Å². The summed E-state index contributed by atoms with van der Waals surface area (Å²) in [5, 5.41) is 2.33. The summed E-state index contributed by atoms with van der Waals surface area (Å²) in [4.78, 5) is 20.4. The summed E-state index contributed by atoms with van der Waals surface area (Å²) in [6.45, 7) is 8.51. The van der Waals surface area contributed by atoms with Gasteiger partial charge in [-0.3, -0.25) is 14.6 Å². The molecule has 0 atom stereocenters. The van der Waals surface area contributed by atoms with Crippen LogP contribution in [-0.2, 0) is 22.6 Å². The van der Waals surface area contributed by atoms with E-state index in [9.17, 15) is 4.79 Å². The van der Waals surface area contributed by atoms with Gasteiger partial charge in [0.05, 0.1) is 0 Å². The van der Waals surface area contributed by atoms with Crippen LogP contribution < -0.4 is 0 Å². The average molecular weight is 366 g/mol. The van der Waals surface area contributed by atoms with E-state index in [1.54, 1.807) is 7.11 Å². The first-order valence-corrected chi connectivity index (χ1v) is 10.4. The monoisotopic (exact) mass is 365 g/mol. The Bertz CT molecular complexity index is 543. The van der Waals surface area contributed by atoms with E-state index in [2.05, 4.69) is 21.2 Å². The molecule has 1 aromatic rings. The van der Waals surface area contributed by atoms with E-state index in [0.29, 0.717) is 0 Å². The maximum absolute atomic E-state index is 12.0. The minimum atomic E-state index is 0.115. The van der Waals surface area contributed by atoms with Gasteiger partial charge in [-0.2, -0.15) is 0 Å². The Morgan fingerprint density at radius 3 is 2.56 bits per heavy atom.